The topological polar surface area (TPSA) is 74.6 Å². The van der Waals surface area contributed by atoms with Gasteiger partial charge in [-0.2, -0.15) is 8.42 Å². The maximum absolute atomic E-state index is 10.9. The lowest BCUT2D eigenvalue weighted by Gasteiger charge is -2.45. The molecule has 14 heavy (non-hydrogen) atoms. The van der Waals surface area contributed by atoms with E-state index in [0.717, 1.165) is 12.8 Å². The van der Waals surface area contributed by atoms with Gasteiger partial charge in [0.15, 0.2) is 4.93 Å². The van der Waals surface area contributed by atoms with Gasteiger partial charge in [0, 0.05) is 5.92 Å². The Morgan fingerprint density at radius 1 is 1.64 bits per heavy atom. The van der Waals surface area contributed by atoms with Gasteiger partial charge in [-0.3, -0.25) is 4.55 Å². The number of rotatable bonds is 2. The van der Waals surface area contributed by atoms with Crippen molar-refractivity contribution in [1.82, 2.24) is 0 Å². The third-order valence-corrected chi connectivity index (χ3v) is 4.76. The summed E-state index contributed by atoms with van der Waals surface area (Å²) in [6, 6.07) is 0. The fourth-order valence-corrected chi connectivity index (χ4v) is 3.54. The molecule has 0 aromatic heterocycles. The summed E-state index contributed by atoms with van der Waals surface area (Å²) in [6.07, 6.45) is 3.71. The van der Waals surface area contributed by atoms with Crippen molar-refractivity contribution < 1.29 is 18.1 Å². The zero-order valence-electron chi connectivity index (χ0n) is 7.97. The van der Waals surface area contributed by atoms with E-state index in [1.54, 1.807) is 0 Å². The quantitative estimate of drug-likeness (QED) is 0.534. The summed E-state index contributed by atoms with van der Waals surface area (Å²) < 4.78 is 30.8. The second-order valence-corrected chi connectivity index (χ2v) is 5.85. The van der Waals surface area contributed by atoms with Crippen molar-refractivity contribution in [1.29, 1.82) is 0 Å². The molecule has 2 aliphatic carbocycles. The summed E-state index contributed by atoms with van der Waals surface area (Å²) >= 11 is 0. The van der Waals surface area contributed by atoms with Gasteiger partial charge in [-0.05, 0) is 25.2 Å². The van der Waals surface area contributed by atoms with Crippen LogP contribution in [0.25, 0.3) is 0 Å². The Morgan fingerprint density at radius 3 is 2.79 bits per heavy atom. The number of aliphatic hydroxyl groups is 1. The Labute approximate surface area is 83.4 Å². The maximum atomic E-state index is 10.9. The summed E-state index contributed by atoms with van der Waals surface area (Å²) in [4.78, 5) is -1.91. The standard InChI is InChI=1S/C9H14O4S/c1-2-6-3-7-5-9(10,8(7)4-6)14(11,12)13/h4,7-8,10H,2-3,5H2,1H3,(H,11,12,13). The highest BCUT2D eigenvalue weighted by molar-refractivity contribution is 7.87. The van der Waals surface area contributed by atoms with Crippen LogP contribution in [0.2, 0.25) is 0 Å². The Morgan fingerprint density at radius 2 is 2.29 bits per heavy atom. The van der Waals surface area contributed by atoms with Crippen molar-refractivity contribution in [3.8, 4) is 0 Å². The highest BCUT2D eigenvalue weighted by Crippen LogP contribution is 2.54. The van der Waals surface area contributed by atoms with Crippen LogP contribution in [-0.4, -0.2) is 23.0 Å². The molecule has 0 aliphatic heterocycles. The van der Waals surface area contributed by atoms with Crippen LogP contribution < -0.4 is 0 Å². The van der Waals surface area contributed by atoms with E-state index < -0.39 is 21.0 Å². The van der Waals surface area contributed by atoms with Crippen LogP contribution in [0, 0.1) is 11.8 Å². The normalized spacial score (nSPS) is 41.5. The molecule has 0 heterocycles. The van der Waals surface area contributed by atoms with E-state index in [1.807, 2.05) is 13.0 Å². The molecule has 0 saturated heterocycles. The van der Waals surface area contributed by atoms with Crippen molar-refractivity contribution in [3.63, 3.8) is 0 Å². The van der Waals surface area contributed by atoms with Crippen molar-refractivity contribution in [2.45, 2.75) is 31.1 Å². The van der Waals surface area contributed by atoms with Crippen molar-refractivity contribution in [2.75, 3.05) is 0 Å². The molecule has 0 radical (unpaired) electrons. The van der Waals surface area contributed by atoms with Gasteiger partial charge in [0.05, 0.1) is 0 Å². The molecular weight excluding hydrogens is 204 g/mol. The van der Waals surface area contributed by atoms with E-state index in [1.165, 1.54) is 5.57 Å². The van der Waals surface area contributed by atoms with Crippen LogP contribution in [-0.2, 0) is 10.1 Å². The minimum absolute atomic E-state index is 0.163. The third kappa shape index (κ3) is 1.16. The monoisotopic (exact) mass is 218 g/mol. The van der Waals surface area contributed by atoms with E-state index in [2.05, 4.69) is 0 Å². The van der Waals surface area contributed by atoms with E-state index in [0.29, 0.717) is 0 Å². The zero-order chi connectivity index (χ0) is 10.6. The lowest BCUT2D eigenvalue weighted by molar-refractivity contribution is -0.0455. The minimum Gasteiger partial charge on any atom is -0.372 e. The van der Waals surface area contributed by atoms with Crippen LogP contribution in [0.5, 0.6) is 0 Å². The molecule has 4 nitrogen and oxygen atoms in total. The molecular formula is C9H14O4S. The van der Waals surface area contributed by atoms with Gasteiger partial charge in [-0.1, -0.05) is 18.6 Å². The smallest absolute Gasteiger partial charge is 0.295 e. The molecule has 3 atom stereocenters. The molecule has 2 rings (SSSR count). The lowest BCUT2D eigenvalue weighted by atomic mass is 9.72. The van der Waals surface area contributed by atoms with Gasteiger partial charge >= 0.3 is 0 Å². The Kier molecular flexibility index (Phi) is 2.03. The first-order chi connectivity index (χ1) is 6.38. The summed E-state index contributed by atoms with van der Waals surface area (Å²) in [5.41, 5.74) is 1.18. The van der Waals surface area contributed by atoms with E-state index in [9.17, 15) is 13.5 Å². The SMILES string of the molecule is CCC1=CC2C(C1)CC2(O)S(=O)(=O)O. The molecule has 0 amide bonds. The molecule has 1 saturated carbocycles. The van der Waals surface area contributed by atoms with Gasteiger partial charge in [-0.25, -0.2) is 0 Å². The minimum atomic E-state index is -4.34. The fraction of sp³-hybridized carbons (Fsp3) is 0.778. The molecule has 1 fully saturated rings. The zero-order valence-corrected chi connectivity index (χ0v) is 8.79. The molecule has 2 aliphatic rings. The Bertz CT molecular complexity index is 384. The van der Waals surface area contributed by atoms with Crippen LogP contribution in [0.15, 0.2) is 11.6 Å². The van der Waals surface area contributed by atoms with Gasteiger partial charge in [0.25, 0.3) is 10.1 Å². The number of hydrogen-bond acceptors (Lipinski definition) is 3. The van der Waals surface area contributed by atoms with E-state index in [-0.39, 0.29) is 12.3 Å². The molecule has 2 N–H and O–H groups in total. The average Bonchev–Trinajstić information content (AvgIpc) is 2.40. The first-order valence-corrected chi connectivity index (χ1v) is 6.21. The van der Waals surface area contributed by atoms with Gasteiger partial charge < -0.3 is 5.11 Å². The number of allylic oxidation sites excluding steroid dienone is 1. The number of fused-ring (bicyclic) bond motifs is 1. The van der Waals surface area contributed by atoms with Gasteiger partial charge in [0.1, 0.15) is 0 Å². The fourth-order valence-electron chi connectivity index (χ4n) is 2.51. The van der Waals surface area contributed by atoms with Gasteiger partial charge in [0.2, 0.25) is 0 Å². The average molecular weight is 218 g/mol. The predicted octanol–water partition coefficient (Wildman–Crippen LogP) is 0.939. The lowest BCUT2D eigenvalue weighted by Crippen LogP contribution is -2.56. The summed E-state index contributed by atoms with van der Waals surface area (Å²) in [5, 5.41) is 9.75. The Balaban J connectivity index is 2.27. The van der Waals surface area contributed by atoms with Crippen molar-refractivity contribution in [2.24, 2.45) is 11.8 Å². The molecule has 80 valence electrons. The molecule has 0 bridgehead atoms. The summed E-state index contributed by atoms with van der Waals surface area (Å²) in [5.74, 6) is -0.190. The number of hydrogen-bond donors (Lipinski definition) is 2. The van der Waals surface area contributed by atoms with Gasteiger partial charge in [-0.15, -0.1) is 0 Å². The first kappa shape index (κ1) is 10.1. The summed E-state index contributed by atoms with van der Waals surface area (Å²) in [6.45, 7) is 2.00. The van der Waals surface area contributed by atoms with Crippen molar-refractivity contribution >= 4 is 10.1 Å². The van der Waals surface area contributed by atoms with Crippen LogP contribution in [0.4, 0.5) is 0 Å². The van der Waals surface area contributed by atoms with Crippen molar-refractivity contribution in [3.05, 3.63) is 11.6 Å². The maximum Gasteiger partial charge on any atom is 0.295 e. The third-order valence-electron chi connectivity index (χ3n) is 3.42. The molecule has 5 heteroatoms. The highest BCUT2D eigenvalue weighted by atomic mass is 32.2. The van der Waals surface area contributed by atoms with E-state index in [4.69, 9.17) is 4.55 Å². The predicted molar refractivity (Wildman–Crippen MR) is 51.1 cm³/mol. The first-order valence-electron chi connectivity index (χ1n) is 4.77. The summed E-state index contributed by atoms with van der Waals surface area (Å²) in [7, 11) is -4.34. The van der Waals surface area contributed by atoms with Crippen LogP contribution in [0.1, 0.15) is 26.2 Å². The largest absolute Gasteiger partial charge is 0.372 e. The van der Waals surface area contributed by atoms with Crippen LogP contribution in [0.3, 0.4) is 0 Å². The van der Waals surface area contributed by atoms with Crippen LogP contribution >= 0.6 is 0 Å². The van der Waals surface area contributed by atoms with E-state index >= 15 is 0 Å². The highest BCUT2D eigenvalue weighted by Gasteiger charge is 2.61. The molecule has 0 aromatic carbocycles. The molecule has 3 unspecified atom stereocenters. The molecule has 0 spiro atoms. The second kappa shape index (κ2) is 2.81. The second-order valence-electron chi connectivity index (χ2n) is 4.19. The molecule has 0 aromatic rings. The Hall–Kier alpha value is -0.390.